The maximum Gasteiger partial charge on any atom is 0.263 e. The first-order valence-corrected chi connectivity index (χ1v) is 9.29. The summed E-state index contributed by atoms with van der Waals surface area (Å²) < 4.78 is 12.0. The zero-order valence-electron chi connectivity index (χ0n) is 16.3. The Labute approximate surface area is 167 Å². The highest BCUT2D eigenvalue weighted by Gasteiger charge is 2.23. The van der Waals surface area contributed by atoms with E-state index in [1.54, 1.807) is 49.6 Å². The minimum absolute atomic E-state index is 0.119. The molecule has 1 aliphatic rings. The lowest BCUT2D eigenvalue weighted by Gasteiger charge is -2.27. The van der Waals surface area contributed by atoms with Crippen LogP contribution in [0, 0.1) is 0 Å². The number of hydrogen-bond acceptors (Lipinski definition) is 5. The van der Waals surface area contributed by atoms with Gasteiger partial charge in [-0.2, -0.15) is 0 Å². The average molecular weight is 391 g/mol. The molecule has 1 aromatic carbocycles. The highest BCUT2D eigenvalue weighted by Crippen LogP contribution is 2.28. The summed E-state index contributed by atoms with van der Waals surface area (Å²) in [5.41, 5.74) is 2.68. The van der Waals surface area contributed by atoms with Gasteiger partial charge in [0.1, 0.15) is 5.65 Å². The fourth-order valence-corrected chi connectivity index (χ4v) is 3.47. The molecule has 3 aromatic rings. The second-order valence-electron chi connectivity index (χ2n) is 6.73. The third-order valence-electron chi connectivity index (χ3n) is 5.02. The summed E-state index contributed by atoms with van der Waals surface area (Å²) in [4.78, 5) is 31.7. The molecule has 7 heteroatoms. The van der Waals surface area contributed by atoms with Crippen LogP contribution in [-0.4, -0.2) is 41.0 Å². The lowest BCUT2D eigenvalue weighted by atomic mass is 10.1. The van der Waals surface area contributed by atoms with Crippen molar-refractivity contribution in [2.75, 3.05) is 20.8 Å². The van der Waals surface area contributed by atoms with Crippen LogP contribution in [0.5, 0.6) is 11.5 Å². The summed E-state index contributed by atoms with van der Waals surface area (Å²) in [6.07, 6.45) is 5.50. The number of aromatic nitrogens is 2. The van der Waals surface area contributed by atoms with E-state index >= 15 is 0 Å². The van der Waals surface area contributed by atoms with Crippen molar-refractivity contribution < 1.29 is 14.3 Å². The SMILES string of the molecule is COc1ccc(C=CC(=O)N2CCc3nc4ccccn4c(=O)c3C2)cc1OC. The van der Waals surface area contributed by atoms with Gasteiger partial charge in [-0.25, -0.2) is 4.98 Å². The Morgan fingerprint density at radius 3 is 2.76 bits per heavy atom. The van der Waals surface area contributed by atoms with E-state index in [2.05, 4.69) is 4.98 Å². The molecular weight excluding hydrogens is 370 g/mol. The monoisotopic (exact) mass is 391 g/mol. The van der Waals surface area contributed by atoms with Gasteiger partial charge in [0, 0.05) is 25.2 Å². The van der Waals surface area contributed by atoms with E-state index in [9.17, 15) is 9.59 Å². The normalized spacial score (nSPS) is 13.5. The second-order valence-corrected chi connectivity index (χ2v) is 6.73. The van der Waals surface area contributed by atoms with E-state index < -0.39 is 0 Å². The Morgan fingerprint density at radius 1 is 1.14 bits per heavy atom. The molecule has 0 atom stereocenters. The lowest BCUT2D eigenvalue weighted by molar-refractivity contribution is -0.126. The first-order valence-electron chi connectivity index (χ1n) is 9.29. The van der Waals surface area contributed by atoms with Crippen molar-refractivity contribution in [1.29, 1.82) is 0 Å². The summed E-state index contributed by atoms with van der Waals surface area (Å²) in [5, 5.41) is 0. The standard InChI is InChI=1S/C22H21N3O4/c1-28-18-8-6-15(13-19(18)29-2)7-9-21(26)24-12-10-17-16(14-24)22(27)25-11-4-3-5-20(25)23-17/h3-9,11,13H,10,12,14H2,1-2H3. The van der Waals surface area contributed by atoms with Crippen molar-refractivity contribution in [1.82, 2.24) is 14.3 Å². The van der Waals surface area contributed by atoms with Gasteiger partial charge in [-0.1, -0.05) is 12.1 Å². The number of nitrogens with zero attached hydrogens (tertiary/aromatic N) is 3. The van der Waals surface area contributed by atoms with Crippen LogP contribution in [0.3, 0.4) is 0 Å². The molecule has 3 heterocycles. The van der Waals surface area contributed by atoms with Crippen molar-refractivity contribution in [2.45, 2.75) is 13.0 Å². The molecule has 0 aliphatic carbocycles. The molecule has 0 unspecified atom stereocenters. The fraction of sp³-hybridized carbons (Fsp3) is 0.227. The van der Waals surface area contributed by atoms with Crippen molar-refractivity contribution in [2.24, 2.45) is 0 Å². The minimum atomic E-state index is -0.150. The van der Waals surface area contributed by atoms with Crippen LogP contribution in [0.25, 0.3) is 11.7 Å². The molecule has 2 aromatic heterocycles. The number of fused-ring (bicyclic) bond motifs is 2. The van der Waals surface area contributed by atoms with E-state index in [4.69, 9.17) is 9.47 Å². The van der Waals surface area contributed by atoms with Crippen molar-refractivity contribution in [3.8, 4) is 11.5 Å². The zero-order chi connectivity index (χ0) is 20.4. The van der Waals surface area contributed by atoms with E-state index in [0.717, 1.165) is 11.3 Å². The molecule has 148 valence electrons. The van der Waals surface area contributed by atoms with Gasteiger partial charge < -0.3 is 14.4 Å². The predicted octanol–water partition coefficient (Wildman–Crippen LogP) is 2.31. The third-order valence-corrected chi connectivity index (χ3v) is 5.02. The number of methoxy groups -OCH3 is 2. The van der Waals surface area contributed by atoms with Gasteiger partial charge in [0.15, 0.2) is 11.5 Å². The molecule has 0 bridgehead atoms. The van der Waals surface area contributed by atoms with E-state index in [1.807, 2.05) is 18.2 Å². The smallest absolute Gasteiger partial charge is 0.263 e. The Hall–Kier alpha value is -3.61. The number of hydrogen-bond donors (Lipinski definition) is 0. The number of carbonyl (C=O) groups is 1. The van der Waals surface area contributed by atoms with Crippen LogP contribution in [0.2, 0.25) is 0 Å². The summed E-state index contributed by atoms with van der Waals surface area (Å²) in [5.74, 6) is 1.08. The van der Waals surface area contributed by atoms with E-state index in [1.165, 1.54) is 10.5 Å². The van der Waals surface area contributed by atoms with Gasteiger partial charge >= 0.3 is 0 Å². The molecule has 0 N–H and O–H groups in total. The number of pyridine rings is 1. The highest BCUT2D eigenvalue weighted by molar-refractivity contribution is 5.92. The summed E-state index contributed by atoms with van der Waals surface area (Å²) in [6, 6.07) is 10.9. The summed E-state index contributed by atoms with van der Waals surface area (Å²) >= 11 is 0. The van der Waals surface area contributed by atoms with Gasteiger partial charge in [0.25, 0.3) is 5.56 Å². The zero-order valence-corrected chi connectivity index (χ0v) is 16.3. The quantitative estimate of drug-likeness (QED) is 0.638. The molecule has 4 rings (SSSR count). The van der Waals surface area contributed by atoms with Crippen molar-refractivity contribution in [3.05, 3.63) is 75.8 Å². The first-order chi connectivity index (χ1) is 14.1. The van der Waals surface area contributed by atoms with Crippen LogP contribution >= 0.6 is 0 Å². The highest BCUT2D eigenvalue weighted by atomic mass is 16.5. The number of amides is 1. The molecule has 1 amide bonds. The number of carbonyl (C=O) groups excluding carboxylic acids is 1. The number of rotatable bonds is 4. The Morgan fingerprint density at radius 2 is 1.97 bits per heavy atom. The number of benzene rings is 1. The third kappa shape index (κ3) is 3.59. The fourth-order valence-electron chi connectivity index (χ4n) is 3.47. The van der Waals surface area contributed by atoms with Gasteiger partial charge in [-0.3, -0.25) is 14.0 Å². The molecule has 1 aliphatic heterocycles. The first kappa shape index (κ1) is 18.7. The number of ether oxygens (including phenoxy) is 2. The van der Waals surface area contributed by atoms with E-state index in [-0.39, 0.29) is 18.0 Å². The minimum Gasteiger partial charge on any atom is -0.493 e. The van der Waals surface area contributed by atoms with E-state index in [0.29, 0.717) is 35.7 Å². The van der Waals surface area contributed by atoms with Gasteiger partial charge in [0.05, 0.1) is 32.0 Å². The predicted molar refractivity (Wildman–Crippen MR) is 109 cm³/mol. The second kappa shape index (κ2) is 7.79. The molecule has 0 fully saturated rings. The molecular formula is C22H21N3O4. The molecule has 0 saturated heterocycles. The van der Waals surface area contributed by atoms with Crippen LogP contribution < -0.4 is 15.0 Å². The van der Waals surface area contributed by atoms with Gasteiger partial charge in [-0.15, -0.1) is 0 Å². The van der Waals surface area contributed by atoms with Crippen molar-refractivity contribution >= 4 is 17.6 Å². The lowest BCUT2D eigenvalue weighted by Crippen LogP contribution is -2.39. The van der Waals surface area contributed by atoms with Crippen LogP contribution in [0.15, 0.2) is 53.5 Å². The summed E-state index contributed by atoms with van der Waals surface area (Å²) in [7, 11) is 3.14. The molecule has 7 nitrogen and oxygen atoms in total. The topological polar surface area (TPSA) is 73.1 Å². The Balaban J connectivity index is 1.55. The van der Waals surface area contributed by atoms with Crippen LogP contribution in [-0.2, 0) is 17.8 Å². The maximum atomic E-state index is 12.8. The van der Waals surface area contributed by atoms with Crippen LogP contribution in [0.1, 0.15) is 16.8 Å². The Bertz CT molecular complexity index is 1170. The largest absolute Gasteiger partial charge is 0.493 e. The Kier molecular flexibility index (Phi) is 5.03. The molecule has 0 radical (unpaired) electrons. The van der Waals surface area contributed by atoms with Crippen LogP contribution in [0.4, 0.5) is 0 Å². The average Bonchev–Trinajstić information content (AvgIpc) is 2.77. The van der Waals surface area contributed by atoms with Gasteiger partial charge in [0.2, 0.25) is 5.91 Å². The van der Waals surface area contributed by atoms with Crippen molar-refractivity contribution in [3.63, 3.8) is 0 Å². The molecule has 29 heavy (non-hydrogen) atoms. The summed E-state index contributed by atoms with van der Waals surface area (Å²) in [6.45, 7) is 0.783. The molecule has 0 saturated carbocycles. The van der Waals surface area contributed by atoms with Gasteiger partial charge in [-0.05, 0) is 35.9 Å². The molecule has 0 spiro atoms. The maximum absolute atomic E-state index is 12.8.